The Morgan fingerprint density at radius 2 is 0.821 bits per heavy atom. The second-order valence-electron chi connectivity index (χ2n) is 23.2. The van der Waals surface area contributed by atoms with Crippen molar-refractivity contribution in [3.05, 3.63) is 24.3 Å². The number of amides is 1. The summed E-state index contributed by atoms with van der Waals surface area (Å²) >= 11 is 0. The summed E-state index contributed by atoms with van der Waals surface area (Å²) in [6.45, 7) is 2.82. The predicted molar refractivity (Wildman–Crippen MR) is 314 cm³/mol. The highest BCUT2D eigenvalue weighted by Crippen LogP contribution is 2.30. The number of rotatable bonds is 53. The number of carbonyl (C=O) groups is 1. The van der Waals surface area contributed by atoms with Crippen LogP contribution in [0.5, 0.6) is 0 Å². The van der Waals surface area contributed by atoms with E-state index >= 15 is 0 Å². The minimum atomic E-state index is -1.79. The first-order valence-electron chi connectivity index (χ1n) is 32.6. The third-order valence-corrected chi connectivity index (χ3v) is 16.1. The first-order chi connectivity index (χ1) is 38.1. The molecule has 2 aliphatic rings. The average molecular weight is 1110 g/mol. The van der Waals surface area contributed by atoms with Gasteiger partial charge >= 0.3 is 0 Å². The summed E-state index contributed by atoms with van der Waals surface area (Å²) in [5.41, 5.74) is 0. The molecular weight excluding hydrogens is 991 g/mol. The Labute approximate surface area is 475 Å². The van der Waals surface area contributed by atoms with Gasteiger partial charge in [-0.05, 0) is 32.1 Å². The lowest BCUT2D eigenvalue weighted by Crippen LogP contribution is -2.65. The Kier molecular flexibility index (Phi) is 46.5. The fourth-order valence-electron chi connectivity index (χ4n) is 10.9. The molecule has 12 unspecified atom stereocenters. The normalized spacial score (nSPS) is 24.6. The van der Waals surface area contributed by atoms with Crippen LogP contribution in [0.4, 0.5) is 0 Å². The highest BCUT2D eigenvalue weighted by atomic mass is 16.7. The minimum absolute atomic E-state index is 0.243. The molecule has 1 amide bonds. The van der Waals surface area contributed by atoms with Crippen molar-refractivity contribution in [2.75, 3.05) is 19.8 Å². The molecule has 0 aliphatic carbocycles. The molecular formula is C64H121NO13. The molecule has 460 valence electrons. The zero-order chi connectivity index (χ0) is 56.7. The maximum atomic E-state index is 13.3. The highest BCUT2D eigenvalue weighted by Gasteiger charge is 2.51. The Morgan fingerprint density at radius 1 is 0.449 bits per heavy atom. The fourth-order valence-corrected chi connectivity index (χ4v) is 10.9. The lowest BCUT2D eigenvalue weighted by atomic mass is 9.97. The van der Waals surface area contributed by atoms with Gasteiger partial charge in [0, 0.05) is 6.42 Å². The standard InChI is InChI=1S/C64H121NO13/c1-3-5-7-9-11-13-15-17-19-21-23-25-26-27-28-29-31-33-35-37-39-41-43-45-47-53(68)52(65-56(69)48-46-44-42-40-38-36-34-32-30-24-22-20-18-16-14-12-10-8-6-4-2)51-75-63-61(74)59(72)62(55(50-67)77-63)78-64-60(73)58(71)57(70)54(49-66)76-64/h37,39,45,47,52-55,57-64,66-68,70-74H,3-36,38,40-44,46,48-51H2,1-2H3,(H,65,69)/b39-37+,47-45+. The second-order valence-corrected chi connectivity index (χ2v) is 23.2. The third-order valence-electron chi connectivity index (χ3n) is 16.1. The number of hydrogen-bond donors (Lipinski definition) is 9. The maximum Gasteiger partial charge on any atom is 0.220 e. The van der Waals surface area contributed by atoms with Crippen LogP contribution in [0.2, 0.25) is 0 Å². The zero-order valence-corrected chi connectivity index (χ0v) is 49.7. The van der Waals surface area contributed by atoms with E-state index in [4.69, 9.17) is 18.9 Å². The number of carbonyl (C=O) groups excluding carboxylic acids is 1. The second kappa shape index (κ2) is 50.0. The molecule has 78 heavy (non-hydrogen) atoms. The number of aliphatic hydroxyl groups is 8. The van der Waals surface area contributed by atoms with Crippen molar-refractivity contribution < 1.29 is 64.6 Å². The van der Waals surface area contributed by atoms with Crippen LogP contribution in [0.15, 0.2) is 24.3 Å². The SMILES string of the molecule is CCCCCCCCCCCCCCCCCCCC/C=C/CC/C=C/C(O)C(COC1OC(CO)C(OC2OC(CO)C(O)C(O)C2O)C(O)C1O)NC(=O)CCCCCCCCCCCCCCCCCCCCCC. The average Bonchev–Trinajstić information content (AvgIpc) is 3.48. The van der Waals surface area contributed by atoms with E-state index < -0.39 is 86.8 Å². The molecule has 14 nitrogen and oxygen atoms in total. The molecule has 0 saturated carbocycles. The number of allylic oxidation sites excluding steroid dienone is 3. The van der Waals surface area contributed by atoms with Crippen molar-refractivity contribution in [2.45, 2.75) is 357 Å². The number of aliphatic hydroxyl groups excluding tert-OH is 8. The van der Waals surface area contributed by atoms with Crippen LogP contribution in [0, 0.1) is 0 Å². The summed E-state index contributed by atoms with van der Waals surface area (Å²) in [4.78, 5) is 13.3. The molecule has 0 aromatic rings. The van der Waals surface area contributed by atoms with Crippen LogP contribution >= 0.6 is 0 Å². The predicted octanol–water partition coefficient (Wildman–Crippen LogP) is 12.0. The largest absolute Gasteiger partial charge is 0.394 e. The van der Waals surface area contributed by atoms with Gasteiger partial charge in [0.25, 0.3) is 0 Å². The summed E-state index contributed by atoms with van der Waals surface area (Å²) in [5, 5.41) is 87.2. The van der Waals surface area contributed by atoms with E-state index in [0.29, 0.717) is 12.8 Å². The van der Waals surface area contributed by atoms with Gasteiger partial charge in [0.05, 0.1) is 32.0 Å². The van der Waals surface area contributed by atoms with E-state index in [2.05, 4.69) is 31.3 Å². The van der Waals surface area contributed by atoms with Gasteiger partial charge in [-0.1, -0.05) is 269 Å². The Hall–Kier alpha value is -1.53. The van der Waals surface area contributed by atoms with Crippen molar-refractivity contribution in [1.82, 2.24) is 5.32 Å². The first kappa shape index (κ1) is 72.6. The Bertz CT molecular complexity index is 1400. The summed E-state index contributed by atoms with van der Waals surface area (Å²) in [5.74, 6) is -0.243. The summed E-state index contributed by atoms with van der Waals surface area (Å²) in [6.07, 6.45) is 43.7. The summed E-state index contributed by atoms with van der Waals surface area (Å²) in [6, 6.07) is -0.928. The van der Waals surface area contributed by atoms with Crippen LogP contribution in [0.1, 0.15) is 284 Å². The molecule has 2 heterocycles. The maximum absolute atomic E-state index is 13.3. The summed E-state index contributed by atoms with van der Waals surface area (Å²) < 4.78 is 22.8. The van der Waals surface area contributed by atoms with Gasteiger partial charge < -0.3 is 65.1 Å². The van der Waals surface area contributed by atoms with Gasteiger partial charge in [0.2, 0.25) is 5.91 Å². The molecule has 0 radical (unpaired) electrons. The van der Waals surface area contributed by atoms with Crippen molar-refractivity contribution in [3.63, 3.8) is 0 Å². The Morgan fingerprint density at radius 3 is 1.26 bits per heavy atom. The monoisotopic (exact) mass is 1110 g/mol. The fraction of sp³-hybridized carbons (Fsp3) is 0.922. The van der Waals surface area contributed by atoms with Crippen molar-refractivity contribution in [1.29, 1.82) is 0 Å². The number of unbranched alkanes of at least 4 members (excludes halogenated alkanes) is 38. The molecule has 9 N–H and O–H groups in total. The molecule has 2 saturated heterocycles. The lowest BCUT2D eigenvalue weighted by molar-refractivity contribution is -0.359. The van der Waals surface area contributed by atoms with Gasteiger partial charge in [-0.3, -0.25) is 4.79 Å². The van der Waals surface area contributed by atoms with Crippen LogP contribution in [-0.2, 0) is 23.7 Å². The van der Waals surface area contributed by atoms with Gasteiger partial charge in [0.1, 0.15) is 48.8 Å². The molecule has 14 heteroatoms. The molecule has 2 fully saturated rings. The summed E-state index contributed by atoms with van der Waals surface area (Å²) in [7, 11) is 0. The van der Waals surface area contributed by atoms with E-state index in [1.54, 1.807) is 6.08 Å². The molecule has 2 aliphatic heterocycles. The highest BCUT2D eigenvalue weighted by molar-refractivity contribution is 5.76. The van der Waals surface area contributed by atoms with Crippen LogP contribution in [-0.4, -0.2) is 140 Å². The zero-order valence-electron chi connectivity index (χ0n) is 49.7. The van der Waals surface area contributed by atoms with E-state index in [0.717, 1.165) is 32.1 Å². The molecule has 0 aromatic carbocycles. The van der Waals surface area contributed by atoms with E-state index in [1.165, 1.54) is 218 Å². The van der Waals surface area contributed by atoms with Crippen molar-refractivity contribution in [3.8, 4) is 0 Å². The quantitative estimate of drug-likeness (QED) is 0.0204. The van der Waals surface area contributed by atoms with E-state index in [-0.39, 0.29) is 18.9 Å². The number of ether oxygens (including phenoxy) is 4. The van der Waals surface area contributed by atoms with Crippen molar-refractivity contribution >= 4 is 5.91 Å². The lowest BCUT2D eigenvalue weighted by Gasteiger charge is -2.46. The smallest absolute Gasteiger partial charge is 0.220 e. The first-order valence-corrected chi connectivity index (χ1v) is 32.6. The van der Waals surface area contributed by atoms with Gasteiger partial charge in [0.15, 0.2) is 12.6 Å². The number of hydrogen-bond acceptors (Lipinski definition) is 13. The molecule has 2 rings (SSSR count). The Balaban J connectivity index is 1.74. The number of nitrogens with one attached hydrogen (secondary N) is 1. The molecule has 0 spiro atoms. The van der Waals surface area contributed by atoms with Crippen LogP contribution in [0.25, 0.3) is 0 Å². The van der Waals surface area contributed by atoms with Gasteiger partial charge in [-0.2, -0.15) is 0 Å². The third kappa shape index (κ3) is 34.8. The van der Waals surface area contributed by atoms with E-state index in [9.17, 15) is 45.6 Å². The van der Waals surface area contributed by atoms with Gasteiger partial charge in [-0.25, -0.2) is 0 Å². The van der Waals surface area contributed by atoms with Crippen LogP contribution < -0.4 is 5.32 Å². The van der Waals surface area contributed by atoms with Crippen molar-refractivity contribution in [2.24, 2.45) is 0 Å². The molecule has 0 aromatic heterocycles. The van der Waals surface area contributed by atoms with E-state index in [1.807, 2.05) is 6.08 Å². The van der Waals surface area contributed by atoms with Gasteiger partial charge in [-0.15, -0.1) is 0 Å². The minimum Gasteiger partial charge on any atom is -0.394 e. The van der Waals surface area contributed by atoms with Crippen LogP contribution in [0.3, 0.4) is 0 Å². The molecule has 12 atom stereocenters. The molecule has 0 bridgehead atoms. The topological polar surface area (TPSA) is 228 Å².